The number of ether oxygens (including phenoxy) is 2. The first-order chi connectivity index (χ1) is 10.7. The van der Waals surface area contributed by atoms with Gasteiger partial charge < -0.3 is 14.4 Å². The number of amides is 1. The van der Waals surface area contributed by atoms with Crippen LogP contribution in [0, 0.1) is 0 Å². The van der Waals surface area contributed by atoms with Gasteiger partial charge in [-0.1, -0.05) is 6.07 Å². The molecule has 2 aromatic rings. The minimum absolute atomic E-state index is 0.0420. The lowest BCUT2D eigenvalue weighted by atomic mass is 10.1. The molecule has 0 saturated carbocycles. The number of hydrogen-bond acceptors (Lipinski definition) is 5. The number of hydrogen-bond donors (Lipinski definition) is 0. The van der Waals surface area contributed by atoms with Crippen LogP contribution in [0.25, 0.3) is 0 Å². The van der Waals surface area contributed by atoms with Crippen LogP contribution in [-0.4, -0.2) is 37.3 Å². The van der Waals surface area contributed by atoms with Crippen molar-refractivity contribution in [1.29, 1.82) is 0 Å². The summed E-state index contributed by atoms with van der Waals surface area (Å²) >= 11 is 3.23. The van der Waals surface area contributed by atoms with Crippen LogP contribution in [0.5, 0.6) is 11.5 Å². The summed E-state index contributed by atoms with van der Waals surface area (Å²) in [6, 6.07) is 9.49. The lowest BCUT2D eigenvalue weighted by Gasteiger charge is -2.25. The molecular formula is C16H17NO3S2. The van der Waals surface area contributed by atoms with Crippen molar-refractivity contribution in [2.75, 3.05) is 26.5 Å². The largest absolute Gasteiger partial charge is 0.497 e. The highest BCUT2D eigenvalue weighted by molar-refractivity contribution is 7.99. The van der Waals surface area contributed by atoms with E-state index in [1.54, 1.807) is 26.0 Å². The molecule has 2 heterocycles. The summed E-state index contributed by atoms with van der Waals surface area (Å²) in [4.78, 5) is 15.4. The third kappa shape index (κ3) is 2.80. The Hall–Kier alpha value is -1.66. The van der Waals surface area contributed by atoms with E-state index >= 15 is 0 Å². The van der Waals surface area contributed by atoms with Crippen molar-refractivity contribution < 1.29 is 14.3 Å². The van der Waals surface area contributed by atoms with E-state index in [-0.39, 0.29) is 11.3 Å². The third-order valence-electron chi connectivity index (χ3n) is 3.59. The van der Waals surface area contributed by atoms with Crippen LogP contribution in [0.1, 0.15) is 20.6 Å². The Kier molecular flexibility index (Phi) is 4.59. The van der Waals surface area contributed by atoms with Crippen LogP contribution in [0.15, 0.2) is 35.7 Å². The van der Waals surface area contributed by atoms with Crippen LogP contribution in [-0.2, 0) is 0 Å². The van der Waals surface area contributed by atoms with Crippen LogP contribution in [0.4, 0.5) is 0 Å². The normalized spacial score (nSPS) is 17.5. The minimum Gasteiger partial charge on any atom is -0.497 e. The zero-order valence-corrected chi connectivity index (χ0v) is 14.1. The molecule has 1 saturated heterocycles. The van der Waals surface area contributed by atoms with Gasteiger partial charge in [-0.15, -0.1) is 23.1 Å². The monoisotopic (exact) mass is 335 g/mol. The maximum Gasteiger partial charge on any atom is 0.265 e. The number of thiophene rings is 1. The molecule has 116 valence electrons. The van der Waals surface area contributed by atoms with Crippen molar-refractivity contribution in [3.63, 3.8) is 0 Å². The lowest BCUT2D eigenvalue weighted by Crippen LogP contribution is -2.30. The highest BCUT2D eigenvalue weighted by atomic mass is 32.2. The number of rotatable bonds is 4. The number of carbonyl (C=O) groups excluding carboxylic acids is 1. The quantitative estimate of drug-likeness (QED) is 0.855. The van der Waals surface area contributed by atoms with Crippen molar-refractivity contribution in [3.05, 3.63) is 46.2 Å². The summed E-state index contributed by atoms with van der Waals surface area (Å²) in [6.45, 7) is 0.742. The van der Waals surface area contributed by atoms with Gasteiger partial charge in [0.2, 0.25) is 0 Å². The second-order valence-electron chi connectivity index (χ2n) is 4.81. The van der Waals surface area contributed by atoms with Crippen molar-refractivity contribution >= 4 is 29.0 Å². The fourth-order valence-corrected chi connectivity index (χ4v) is 4.46. The Morgan fingerprint density at radius 1 is 1.27 bits per heavy atom. The number of nitrogens with zero attached hydrogens (tertiary/aromatic N) is 1. The fourth-order valence-electron chi connectivity index (χ4n) is 2.51. The van der Waals surface area contributed by atoms with E-state index in [4.69, 9.17) is 9.47 Å². The van der Waals surface area contributed by atoms with Crippen LogP contribution in [0.3, 0.4) is 0 Å². The zero-order valence-electron chi connectivity index (χ0n) is 12.4. The molecule has 0 unspecified atom stereocenters. The average molecular weight is 335 g/mol. The molecule has 0 spiro atoms. The number of benzene rings is 1. The average Bonchev–Trinajstić information content (AvgIpc) is 3.24. The summed E-state index contributed by atoms with van der Waals surface area (Å²) < 4.78 is 10.8. The van der Waals surface area contributed by atoms with Gasteiger partial charge in [0, 0.05) is 17.9 Å². The first-order valence-corrected chi connectivity index (χ1v) is 8.85. The molecule has 4 nitrogen and oxygen atoms in total. The van der Waals surface area contributed by atoms with E-state index in [1.165, 1.54) is 11.3 Å². The molecule has 1 aliphatic rings. The second kappa shape index (κ2) is 6.62. The van der Waals surface area contributed by atoms with Crippen molar-refractivity contribution in [2.24, 2.45) is 0 Å². The van der Waals surface area contributed by atoms with E-state index in [0.717, 1.165) is 34.2 Å². The van der Waals surface area contributed by atoms with Crippen LogP contribution < -0.4 is 9.47 Å². The van der Waals surface area contributed by atoms with Crippen LogP contribution >= 0.6 is 23.1 Å². The molecule has 1 atom stereocenters. The van der Waals surface area contributed by atoms with Crippen LogP contribution in [0.2, 0.25) is 0 Å². The molecule has 1 aromatic heterocycles. The van der Waals surface area contributed by atoms with Gasteiger partial charge in [0.05, 0.1) is 19.1 Å². The summed E-state index contributed by atoms with van der Waals surface area (Å²) in [7, 11) is 3.29. The maximum atomic E-state index is 12.7. The Morgan fingerprint density at radius 2 is 2.14 bits per heavy atom. The van der Waals surface area contributed by atoms with Gasteiger partial charge in [-0.25, -0.2) is 0 Å². The first-order valence-electron chi connectivity index (χ1n) is 6.92. The molecule has 3 rings (SSSR count). The molecule has 0 aliphatic carbocycles. The number of carbonyl (C=O) groups is 1. The molecule has 6 heteroatoms. The first kappa shape index (κ1) is 15.2. The molecule has 0 radical (unpaired) electrons. The number of thioether (sulfide) groups is 1. The molecule has 1 aromatic carbocycles. The molecule has 22 heavy (non-hydrogen) atoms. The van der Waals surface area contributed by atoms with E-state index in [0.29, 0.717) is 0 Å². The van der Waals surface area contributed by atoms with Crippen molar-refractivity contribution in [1.82, 2.24) is 4.90 Å². The van der Waals surface area contributed by atoms with E-state index in [1.807, 2.05) is 40.6 Å². The number of methoxy groups -OCH3 is 2. The summed E-state index contributed by atoms with van der Waals surface area (Å²) in [5.41, 5.74) is 0.981. The fraction of sp³-hybridized carbons (Fsp3) is 0.312. The van der Waals surface area contributed by atoms with Gasteiger partial charge in [0.25, 0.3) is 5.91 Å². The predicted octanol–water partition coefficient (Wildman–Crippen LogP) is 3.65. The molecule has 1 aliphatic heterocycles. The minimum atomic E-state index is -0.0420. The third-order valence-corrected chi connectivity index (χ3v) is 5.69. The zero-order chi connectivity index (χ0) is 15.5. The Bertz CT molecular complexity index is 657. The molecule has 0 N–H and O–H groups in total. The SMILES string of the molecule is COc1ccc(OC)c([C@H]2SCCN2C(=O)c2cccs2)c1. The van der Waals surface area contributed by atoms with Gasteiger partial charge in [0.15, 0.2) is 0 Å². The standard InChI is InChI=1S/C16H17NO3S2/c1-19-11-5-6-13(20-2)12(10-11)16-17(7-9-22-16)15(18)14-4-3-8-21-14/h3-6,8,10,16H,7,9H2,1-2H3/t16-/m1/s1. The Balaban J connectivity index is 1.94. The molecule has 1 fully saturated rings. The molecule has 1 amide bonds. The summed E-state index contributed by atoms with van der Waals surface area (Å²) in [5, 5.41) is 1.89. The summed E-state index contributed by atoms with van der Waals surface area (Å²) in [6.07, 6.45) is 0. The van der Waals surface area contributed by atoms with Crippen molar-refractivity contribution in [3.8, 4) is 11.5 Å². The lowest BCUT2D eigenvalue weighted by molar-refractivity contribution is 0.0764. The highest BCUT2D eigenvalue weighted by Gasteiger charge is 2.33. The van der Waals surface area contributed by atoms with Crippen molar-refractivity contribution in [2.45, 2.75) is 5.37 Å². The smallest absolute Gasteiger partial charge is 0.265 e. The predicted molar refractivity (Wildman–Crippen MR) is 90.1 cm³/mol. The Labute approximate surface area is 138 Å². The van der Waals surface area contributed by atoms with E-state index in [9.17, 15) is 4.79 Å². The molecular weight excluding hydrogens is 318 g/mol. The van der Waals surface area contributed by atoms with Gasteiger partial charge in [-0.3, -0.25) is 4.79 Å². The highest BCUT2D eigenvalue weighted by Crippen LogP contribution is 2.43. The van der Waals surface area contributed by atoms with E-state index in [2.05, 4.69) is 0 Å². The van der Waals surface area contributed by atoms with Gasteiger partial charge in [0.1, 0.15) is 16.9 Å². The Morgan fingerprint density at radius 3 is 2.82 bits per heavy atom. The van der Waals surface area contributed by atoms with Gasteiger partial charge in [-0.05, 0) is 29.6 Å². The molecule has 0 bridgehead atoms. The van der Waals surface area contributed by atoms with Gasteiger partial charge in [-0.2, -0.15) is 0 Å². The maximum absolute atomic E-state index is 12.7. The second-order valence-corrected chi connectivity index (χ2v) is 6.94. The van der Waals surface area contributed by atoms with Gasteiger partial charge >= 0.3 is 0 Å². The van der Waals surface area contributed by atoms with E-state index < -0.39 is 0 Å². The summed E-state index contributed by atoms with van der Waals surface area (Å²) in [5.74, 6) is 2.55. The topological polar surface area (TPSA) is 38.8 Å².